The normalized spacial score (nSPS) is 25.2. The van der Waals surface area contributed by atoms with Crippen LogP contribution in [0, 0.1) is 11.8 Å². The molecule has 4 atom stereocenters. The number of piperidine rings is 1. The summed E-state index contributed by atoms with van der Waals surface area (Å²) in [5, 5.41) is 0.0175. The van der Waals surface area contributed by atoms with Crippen LogP contribution in [0.2, 0.25) is 18.1 Å². The SMILES string of the molecule is C=CCOC(=O)C1=C2CN(C(=O)OCC=C)CC[C@@H]2[C@@H]2[C@@H]([C@@H](C)O[Si](C)(C)C(C)(C)C)C(=O)N12. The van der Waals surface area contributed by atoms with Gasteiger partial charge in [0.2, 0.25) is 5.91 Å². The molecule has 0 spiro atoms. The van der Waals surface area contributed by atoms with Crippen LogP contribution < -0.4 is 0 Å². The highest BCUT2D eigenvalue weighted by molar-refractivity contribution is 6.74. The Morgan fingerprint density at radius 3 is 2.38 bits per heavy atom. The van der Waals surface area contributed by atoms with Crippen molar-refractivity contribution in [3.05, 3.63) is 36.6 Å². The van der Waals surface area contributed by atoms with Gasteiger partial charge in [-0.1, -0.05) is 46.1 Å². The zero-order chi connectivity index (χ0) is 25.4. The first-order valence-electron chi connectivity index (χ1n) is 11.9. The average Bonchev–Trinajstić information content (AvgIpc) is 3.04. The molecule has 2 saturated heterocycles. The molecule has 0 unspecified atom stereocenters. The van der Waals surface area contributed by atoms with Crippen molar-refractivity contribution >= 4 is 26.3 Å². The maximum Gasteiger partial charge on any atom is 0.410 e. The van der Waals surface area contributed by atoms with Gasteiger partial charge in [-0.3, -0.25) is 4.79 Å². The Hall–Kier alpha value is -2.39. The number of β-lactam (4-membered cyclic amide) rings is 1. The highest BCUT2D eigenvalue weighted by atomic mass is 28.4. The third-order valence-electron chi connectivity index (χ3n) is 7.57. The van der Waals surface area contributed by atoms with Crippen LogP contribution in [0.1, 0.15) is 34.1 Å². The van der Waals surface area contributed by atoms with Gasteiger partial charge in [0.1, 0.15) is 18.9 Å². The van der Waals surface area contributed by atoms with Gasteiger partial charge in [-0.2, -0.15) is 0 Å². The Balaban J connectivity index is 1.87. The van der Waals surface area contributed by atoms with Gasteiger partial charge in [0.05, 0.1) is 18.1 Å². The summed E-state index contributed by atoms with van der Waals surface area (Å²) in [5.74, 6) is -1.04. The molecule has 2 amide bonds. The summed E-state index contributed by atoms with van der Waals surface area (Å²) in [6.07, 6.45) is 2.90. The van der Waals surface area contributed by atoms with E-state index >= 15 is 0 Å². The van der Waals surface area contributed by atoms with Crippen molar-refractivity contribution < 1.29 is 28.3 Å². The zero-order valence-corrected chi connectivity index (χ0v) is 22.3. The Labute approximate surface area is 203 Å². The molecule has 2 fully saturated rings. The van der Waals surface area contributed by atoms with Crippen molar-refractivity contribution in [2.75, 3.05) is 26.3 Å². The predicted molar refractivity (Wildman–Crippen MR) is 131 cm³/mol. The summed E-state index contributed by atoms with van der Waals surface area (Å²) in [4.78, 5) is 42.0. The van der Waals surface area contributed by atoms with Crippen molar-refractivity contribution in [1.29, 1.82) is 0 Å². The highest BCUT2D eigenvalue weighted by Gasteiger charge is 2.62. The standard InChI is InChI=1S/C25H38N2O6Si/c1-9-13-31-23(29)21-18-15-26(24(30)32-14-10-2)12-11-17(18)20-19(22(28)27(20)21)16(3)33-34(7,8)25(4,5)6/h9-10,16-17,19-20H,1-2,11-15H2,3-8H3/t16-,17+,19-,20-/m1/s1. The lowest BCUT2D eigenvalue weighted by Gasteiger charge is -2.51. The number of rotatable bonds is 8. The molecule has 0 radical (unpaired) electrons. The van der Waals surface area contributed by atoms with E-state index in [4.69, 9.17) is 13.9 Å². The second kappa shape index (κ2) is 9.69. The van der Waals surface area contributed by atoms with Crippen molar-refractivity contribution in [1.82, 2.24) is 9.80 Å². The molecule has 0 saturated carbocycles. The number of hydrogen-bond acceptors (Lipinski definition) is 6. The second-order valence-electron chi connectivity index (χ2n) is 10.8. The van der Waals surface area contributed by atoms with E-state index in [9.17, 15) is 14.4 Å². The largest absolute Gasteiger partial charge is 0.457 e. The average molecular weight is 491 g/mol. The molecule has 9 heteroatoms. The van der Waals surface area contributed by atoms with Crippen molar-refractivity contribution in [3.63, 3.8) is 0 Å². The molecule has 0 aliphatic carbocycles. The van der Waals surface area contributed by atoms with Gasteiger partial charge in [-0.15, -0.1) is 0 Å². The summed E-state index contributed by atoms with van der Waals surface area (Å²) in [6.45, 7) is 20.9. The molecule has 34 heavy (non-hydrogen) atoms. The summed E-state index contributed by atoms with van der Waals surface area (Å²) in [7, 11) is -2.09. The molecule has 3 aliphatic heterocycles. The van der Waals surface area contributed by atoms with Crippen LogP contribution in [-0.4, -0.2) is 74.5 Å². The van der Waals surface area contributed by atoms with E-state index in [1.807, 2.05) is 6.92 Å². The number of hydrogen-bond donors (Lipinski definition) is 0. The summed E-state index contributed by atoms with van der Waals surface area (Å²) in [6, 6.07) is -0.167. The van der Waals surface area contributed by atoms with Crippen molar-refractivity contribution in [2.45, 2.75) is 64.4 Å². The van der Waals surface area contributed by atoms with Crippen LogP contribution in [0.15, 0.2) is 36.6 Å². The van der Waals surface area contributed by atoms with Gasteiger partial charge in [0.15, 0.2) is 8.32 Å². The fourth-order valence-electron chi connectivity index (χ4n) is 4.88. The Kier molecular flexibility index (Phi) is 7.47. The minimum absolute atomic E-state index is 0.0175. The van der Waals surface area contributed by atoms with E-state index in [-0.39, 0.29) is 60.4 Å². The number of esters is 1. The van der Waals surface area contributed by atoms with Crippen molar-refractivity contribution in [3.8, 4) is 0 Å². The first-order chi connectivity index (χ1) is 15.9. The molecule has 3 aliphatic rings. The Morgan fingerprint density at radius 2 is 1.79 bits per heavy atom. The van der Waals surface area contributed by atoms with Crippen LogP contribution in [0.4, 0.5) is 4.79 Å². The Morgan fingerprint density at radius 1 is 1.18 bits per heavy atom. The molecule has 0 N–H and O–H groups in total. The van der Waals surface area contributed by atoms with Crippen LogP contribution in [0.25, 0.3) is 0 Å². The third kappa shape index (κ3) is 4.60. The topological polar surface area (TPSA) is 85.4 Å². The molecule has 188 valence electrons. The molecule has 8 nitrogen and oxygen atoms in total. The van der Waals surface area contributed by atoms with E-state index in [2.05, 4.69) is 47.0 Å². The lowest BCUT2D eigenvalue weighted by Crippen LogP contribution is -2.65. The number of ether oxygens (including phenoxy) is 2. The molecule has 0 bridgehead atoms. The number of nitrogens with zero attached hydrogens (tertiary/aromatic N) is 2. The quantitative estimate of drug-likeness (QED) is 0.222. The van der Waals surface area contributed by atoms with Gasteiger partial charge in [-0.25, -0.2) is 9.59 Å². The van der Waals surface area contributed by atoms with Crippen molar-refractivity contribution in [2.24, 2.45) is 11.8 Å². The van der Waals surface area contributed by atoms with Gasteiger partial charge in [0, 0.05) is 19.0 Å². The minimum Gasteiger partial charge on any atom is -0.457 e. The molecule has 0 aromatic heterocycles. The van der Waals surface area contributed by atoms with Crippen LogP contribution in [-0.2, 0) is 23.5 Å². The maximum atomic E-state index is 13.4. The molecule has 3 rings (SSSR count). The fourth-order valence-corrected chi connectivity index (χ4v) is 6.31. The highest BCUT2D eigenvalue weighted by Crippen LogP contribution is 2.51. The first kappa shape index (κ1) is 26.2. The summed E-state index contributed by atoms with van der Waals surface area (Å²) < 4.78 is 17.1. The van der Waals surface area contributed by atoms with Gasteiger partial charge in [0.25, 0.3) is 0 Å². The summed E-state index contributed by atoms with van der Waals surface area (Å²) >= 11 is 0. The van der Waals surface area contributed by atoms with Crippen LogP contribution in [0.5, 0.6) is 0 Å². The number of likely N-dealkylation sites (tertiary alicyclic amines) is 1. The number of carbonyl (C=O) groups excluding carboxylic acids is 3. The van der Waals surface area contributed by atoms with E-state index in [1.54, 1.807) is 9.80 Å². The van der Waals surface area contributed by atoms with E-state index in [0.29, 0.717) is 13.0 Å². The van der Waals surface area contributed by atoms with Crippen LogP contribution >= 0.6 is 0 Å². The predicted octanol–water partition coefficient (Wildman–Crippen LogP) is 3.87. The first-order valence-corrected chi connectivity index (χ1v) is 14.8. The number of amides is 2. The van der Waals surface area contributed by atoms with Gasteiger partial charge < -0.3 is 23.7 Å². The lowest BCUT2D eigenvalue weighted by atomic mass is 9.74. The molecular weight excluding hydrogens is 452 g/mol. The zero-order valence-electron chi connectivity index (χ0n) is 21.3. The minimum atomic E-state index is -2.09. The smallest absolute Gasteiger partial charge is 0.410 e. The number of carbonyl (C=O) groups is 3. The fraction of sp³-hybridized carbons (Fsp3) is 0.640. The van der Waals surface area contributed by atoms with E-state index in [0.717, 1.165) is 5.57 Å². The third-order valence-corrected chi connectivity index (χ3v) is 12.1. The Bertz CT molecular complexity index is 906. The second-order valence-corrected chi connectivity index (χ2v) is 15.5. The van der Waals surface area contributed by atoms with Gasteiger partial charge in [-0.05, 0) is 37.0 Å². The van der Waals surface area contributed by atoms with E-state index in [1.165, 1.54) is 12.2 Å². The molecule has 0 aromatic carbocycles. The molecule has 3 heterocycles. The van der Waals surface area contributed by atoms with E-state index < -0.39 is 20.4 Å². The lowest BCUT2D eigenvalue weighted by molar-refractivity contribution is -0.163. The molecular formula is C25H38N2O6Si. The van der Waals surface area contributed by atoms with Gasteiger partial charge >= 0.3 is 12.1 Å². The molecule has 0 aromatic rings. The summed E-state index contributed by atoms with van der Waals surface area (Å²) in [5.41, 5.74) is 1.02. The monoisotopic (exact) mass is 490 g/mol. The van der Waals surface area contributed by atoms with Crippen LogP contribution in [0.3, 0.4) is 0 Å². The maximum absolute atomic E-state index is 13.4. The number of fused-ring (bicyclic) bond motifs is 3.